The third-order valence-corrected chi connectivity index (χ3v) is 0.780. The van der Waals surface area contributed by atoms with E-state index in [2.05, 4.69) is 6.08 Å². The number of carbonyl (C=O) groups excluding carboxylic acids is 1. The zero-order valence-electron chi connectivity index (χ0n) is 3.85. The van der Waals surface area contributed by atoms with E-state index in [9.17, 15) is 4.79 Å². The van der Waals surface area contributed by atoms with Gasteiger partial charge in [-0.2, -0.15) is 0 Å². The highest BCUT2D eigenvalue weighted by Gasteiger charge is 1.93. The molecule has 0 heterocycles. The van der Waals surface area contributed by atoms with E-state index in [1.165, 1.54) is 0 Å². The van der Waals surface area contributed by atoms with E-state index in [-0.39, 0.29) is 5.78 Å². The molecule has 0 N–H and O–H groups in total. The first-order valence-electron chi connectivity index (χ1n) is 2.17. The fourth-order valence-corrected chi connectivity index (χ4v) is 0.443. The van der Waals surface area contributed by atoms with Crippen LogP contribution in [0, 0.1) is 6.08 Å². The molecule has 0 atom stereocenters. The Balaban J connectivity index is 2.66. The molecular formula is C6H5O. The average Bonchev–Trinajstić information content (AvgIpc) is 1.69. The molecule has 35 valence electrons. The van der Waals surface area contributed by atoms with Crippen LogP contribution >= 0.6 is 0 Å². The van der Waals surface area contributed by atoms with Gasteiger partial charge in [0.05, 0.1) is 0 Å². The van der Waals surface area contributed by atoms with Crippen molar-refractivity contribution in [3.63, 3.8) is 0 Å². The molecule has 1 aliphatic carbocycles. The van der Waals surface area contributed by atoms with Gasteiger partial charge in [0.25, 0.3) is 0 Å². The largest absolute Gasteiger partial charge is 0.294 e. The van der Waals surface area contributed by atoms with Crippen molar-refractivity contribution in [1.82, 2.24) is 0 Å². The molecule has 0 spiro atoms. The van der Waals surface area contributed by atoms with Crippen LogP contribution in [0.2, 0.25) is 0 Å². The van der Waals surface area contributed by atoms with Crippen molar-refractivity contribution in [2.75, 3.05) is 0 Å². The zero-order valence-corrected chi connectivity index (χ0v) is 3.85. The number of hydrogen-bond acceptors (Lipinski definition) is 1. The Morgan fingerprint density at radius 1 is 1.71 bits per heavy atom. The molecule has 0 aliphatic heterocycles. The van der Waals surface area contributed by atoms with Crippen LogP contribution in [-0.2, 0) is 4.79 Å². The molecule has 0 aromatic carbocycles. The van der Waals surface area contributed by atoms with Crippen molar-refractivity contribution in [2.24, 2.45) is 0 Å². The molecular weight excluding hydrogens is 88.1 g/mol. The van der Waals surface area contributed by atoms with Gasteiger partial charge >= 0.3 is 0 Å². The van der Waals surface area contributed by atoms with Gasteiger partial charge in [0, 0.05) is 12.5 Å². The second-order valence-corrected chi connectivity index (χ2v) is 1.37. The quantitative estimate of drug-likeness (QED) is 0.434. The fourth-order valence-electron chi connectivity index (χ4n) is 0.443. The Labute approximate surface area is 42.3 Å². The summed E-state index contributed by atoms with van der Waals surface area (Å²) in [6.07, 6.45) is 8.33. The number of allylic oxidation sites excluding steroid dienone is 4. The lowest BCUT2D eigenvalue weighted by molar-refractivity contribution is -0.114. The molecule has 1 rings (SSSR count). The maximum atomic E-state index is 10.3. The third kappa shape index (κ3) is 1.000. The zero-order chi connectivity index (χ0) is 5.11. The van der Waals surface area contributed by atoms with Crippen LogP contribution < -0.4 is 0 Å². The predicted octanol–water partition coefficient (Wildman–Crippen LogP) is 0.875. The van der Waals surface area contributed by atoms with Crippen LogP contribution in [0.3, 0.4) is 0 Å². The molecule has 0 amide bonds. The van der Waals surface area contributed by atoms with Crippen LogP contribution in [0.15, 0.2) is 18.2 Å². The van der Waals surface area contributed by atoms with Crippen LogP contribution in [0.1, 0.15) is 6.42 Å². The number of hydrogen-bond donors (Lipinski definition) is 0. The summed E-state index contributed by atoms with van der Waals surface area (Å²) in [5, 5.41) is 0. The van der Waals surface area contributed by atoms with Crippen molar-refractivity contribution in [2.45, 2.75) is 6.42 Å². The predicted molar refractivity (Wildman–Crippen MR) is 26.6 cm³/mol. The van der Waals surface area contributed by atoms with Gasteiger partial charge in [-0.3, -0.25) is 4.79 Å². The van der Waals surface area contributed by atoms with Crippen molar-refractivity contribution in [1.29, 1.82) is 0 Å². The summed E-state index contributed by atoms with van der Waals surface area (Å²) in [6, 6.07) is 0. The van der Waals surface area contributed by atoms with E-state index in [4.69, 9.17) is 0 Å². The molecule has 0 fully saturated rings. The summed E-state index contributed by atoms with van der Waals surface area (Å²) in [5.74, 6) is 0.0718. The lowest BCUT2D eigenvalue weighted by atomic mass is 10.2. The van der Waals surface area contributed by atoms with Crippen molar-refractivity contribution in [3.8, 4) is 0 Å². The monoisotopic (exact) mass is 93.0 g/mol. The van der Waals surface area contributed by atoms with E-state index in [1.54, 1.807) is 6.08 Å². The number of Topliss-reactive ketones (excluding diaryl/α,β-unsaturated/α-hetero) is 1. The van der Waals surface area contributed by atoms with E-state index < -0.39 is 0 Å². The summed E-state index contributed by atoms with van der Waals surface area (Å²) >= 11 is 0. The second-order valence-electron chi connectivity index (χ2n) is 1.37. The van der Waals surface area contributed by atoms with E-state index >= 15 is 0 Å². The normalized spacial score (nSPS) is 18.0. The van der Waals surface area contributed by atoms with Gasteiger partial charge in [-0.15, -0.1) is 0 Å². The van der Waals surface area contributed by atoms with Crippen LogP contribution in [0.25, 0.3) is 0 Å². The number of rotatable bonds is 0. The van der Waals surface area contributed by atoms with Gasteiger partial charge in [0.15, 0.2) is 5.78 Å². The minimum absolute atomic E-state index is 0.0718. The first-order valence-corrected chi connectivity index (χ1v) is 2.17. The van der Waals surface area contributed by atoms with Crippen LogP contribution in [0.5, 0.6) is 0 Å². The minimum Gasteiger partial charge on any atom is -0.294 e. The first kappa shape index (κ1) is 4.31. The molecule has 1 nitrogen and oxygen atoms in total. The van der Waals surface area contributed by atoms with Crippen LogP contribution in [0.4, 0.5) is 0 Å². The Hall–Kier alpha value is -0.850. The Morgan fingerprint density at radius 3 is 2.86 bits per heavy atom. The van der Waals surface area contributed by atoms with E-state index in [1.807, 2.05) is 12.2 Å². The summed E-state index contributed by atoms with van der Waals surface area (Å²) < 4.78 is 0. The summed E-state index contributed by atoms with van der Waals surface area (Å²) in [7, 11) is 0. The number of ketones is 1. The van der Waals surface area contributed by atoms with Crippen LogP contribution in [-0.4, -0.2) is 5.78 Å². The second kappa shape index (κ2) is 1.73. The third-order valence-electron chi connectivity index (χ3n) is 0.780. The SMILES string of the molecule is O=C1[C]=CC=CC1. The average molecular weight is 93.1 g/mol. The molecule has 7 heavy (non-hydrogen) atoms. The molecule has 1 heteroatoms. The molecule has 0 saturated heterocycles. The van der Waals surface area contributed by atoms with Crippen molar-refractivity contribution >= 4 is 5.78 Å². The highest BCUT2D eigenvalue weighted by atomic mass is 16.1. The van der Waals surface area contributed by atoms with Gasteiger partial charge in [0.2, 0.25) is 0 Å². The summed E-state index contributed by atoms with van der Waals surface area (Å²) in [4.78, 5) is 10.3. The molecule has 0 unspecified atom stereocenters. The summed E-state index contributed by atoms with van der Waals surface area (Å²) in [5.41, 5.74) is 0. The van der Waals surface area contributed by atoms with E-state index in [0.29, 0.717) is 6.42 Å². The molecule has 1 radical (unpaired) electrons. The number of carbonyl (C=O) groups is 1. The minimum atomic E-state index is 0.0718. The Morgan fingerprint density at radius 2 is 2.57 bits per heavy atom. The van der Waals surface area contributed by atoms with E-state index in [0.717, 1.165) is 0 Å². The lowest BCUT2D eigenvalue weighted by Gasteiger charge is -1.87. The molecule has 1 aliphatic rings. The smallest absolute Gasteiger partial charge is 0.167 e. The highest BCUT2D eigenvalue weighted by molar-refractivity contribution is 5.88. The maximum Gasteiger partial charge on any atom is 0.167 e. The van der Waals surface area contributed by atoms with Gasteiger partial charge in [0.1, 0.15) is 0 Å². The van der Waals surface area contributed by atoms with Gasteiger partial charge in [-0.25, -0.2) is 0 Å². The molecule has 0 aromatic heterocycles. The lowest BCUT2D eigenvalue weighted by Crippen LogP contribution is -1.91. The molecule has 0 saturated carbocycles. The van der Waals surface area contributed by atoms with Gasteiger partial charge in [-0.1, -0.05) is 18.2 Å². The Bertz CT molecular complexity index is 131. The van der Waals surface area contributed by atoms with Gasteiger partial charge in [-0.05, 0) is 0 Å². The van der Waals surface area contributed by atoms with Crippen molar-refractivity contribution < 1.29 is 4.79 Å². The highest BCUT2D eigenvalue weighted by Crippen LogP contribution is 1.93. The maximum absolute atomic E-state index is 10.3. The molecule has 0 bridgehead atoms. The van der Waals surface area contributed by atoms with Gasteiger partial charge < -0.3 is 0 Å². The fraction of sp³-hybridized carbons (Fsp3) is 0.167. The molecule has 0 aromatic rings. The van der Waals surface area contributed by atoms with Crippen molar-refractivity contribution in [3.05, 3.63) is 24.3 Å². The topological polar surface area (TPSA) is 17.1 Å². The Kier molecular flexibility index (Phi) is 1.07. The summed E-state index contributed by atoms with van der Waals surface area (Å²) in [6.45, 7) is 0. The standard InChI is InChI=1S/C6H5O/c7-6-4-2-1-3-5-6/h1-3H,4H2. The first-order chi connectivity index (χ1) is 3.39.